The second kappa shape index (κ2) is 30.4. The number of aromatic nitrogens is 4. The van der Waals surface area contributed by atoms with Crippen LogP contribution in [0.3, 0.4) is 0 Å². The Kier molecular flexibility index (Phi) is 24.9. The van der Waals surface area contributed by atoms with Crippen LogP contribution in [0.1, 0.15) is 65.5 Å². The van der Waals surface area contributed by atoms with Gasteiger partial charge < -0.3 is 15.7 Å². The van der Waals surface area contributed by atoms with E-state index in [2.05, 4.69) is 178 Å². The van der Waals surface area contributed by atoms with Crippen LogP contribution in [0.2, 0.25) is 4.34 Å². The minimum Gasteiger partial charge on any atom is -0.382 e. The average Bonchev–Trinajstić information content (AvgIpc) is 4.25. The molecule has 0 saturated carbocycles. The molecular formula is C59H66ClF2N5S5. The van der Waals surface area contributed by atoms with Crippen LogP contribution in [0.4, 0.5) is 14.6 Å². The molecule has 0 unspecified atom stereocenters. The number of nitrogens with zero attached hydrogens (tertiary/aromatic N) is 2. The summed E-state index contributed by atoms with van der Waals surface area (Å²) >= 11 is 13.3. The lowest BCUT2D eigenvalue weighted by Gasteiger charge is -1.94. The number of hydrogen-bond acceptors (Lipinski definition) is 8. The lowest BCUT2D eigenvalue weighted by molar-refractivity contribution is 0.639. The van der Waals surface area contributed by atoms with Gasteiger partial charge in [-0.2, -0.15) is 8.76 Å². The number of fused-ring (bicyclic) bond motifs is 3. The Hall–Kier alpha value is -5.60. The van der Waals surface area contributed by atoms with Crippen LogP contribution in [-0.4, -0.2) is 25.6 Å². The van der Waals surface area contributed by atoms with Gasteiger partial charge in [-0.15, -0.1) is 45.8 Å². The number of aryl methyl sites for hydroxylation is 11. The maximum absolute atomic E-state index is 12.8. The molecule has 72 heavy (non-hydrogen) atoms. The van der Waals surface area contributed by atoms with Gasteiger partial charge in [0, 0.05) is 59.1 Å². The van der Waals surface area contributed by atoms with Crippen LogP contribution in [0, 0.1) is 80.2 Å². The number of hydrogen-bond donors (Lipinski definition) is 3. The summed E-state index contributed by atoms with van der Waals surface area (Å²) in [5, 5.41) is 3.99. The molecule has 5 aromatic carbocycles. The molecule has 0 aliphatic carbocycles. The first-order valence-corrected chi connectivity index (χ1v) is 28.0. The highest BCUT2D eigenvalue weighted by Crippen LogP contribution is 2.25. The Bertz CT molecular complexity index is 3020. The summed E-state index contributed by atoms with van der Waals surface area (Å²) in [7, 11) is 0. The highest BCUT2D eigenvalue weighted by molar-refractivity contribution is 7.98. The summed E-state index contributed by atoms with van der Waals surface area (Å²) in [4.78, 5) is 15.1. The van der Waals surface area contributed by atoms with Gasteiger partial charge in [-0.3, -0.25) is 0 Å². The van der Waals surface area contributed by atoms with Gasteiger partial charge in [0.1, 0.15) is 16.0 Å². The number of anilines is 1. The lowest BCUT2D eigenvalue weighted by Crippen LogP contribution is -1.83. The summed E-state index contributed by atoms with van der Waals surface area (Å²) in [5.41, 5.74) is 16.8. The Morgan fingerprint density at radius 2 is 1.08 bits per heavy atom. The van der Waals surface area contributed by atoms with E-state index in [1.165, 1.54) is 105 Å². The molecular weight excluding hydrogens is 1010 g/mol. The third-order valence-electron chi connectivity index (χ3n) is 10.4. The van der Waals surface area contributed by atoms with Crippen molar-refractivity contribution in [1.82, 2.24) is 19.3 Å². The second-order valence-electron chi connectivity index (χ2n) is 16.8. The molecule has 0 aliphatic heterocycles. The zero-order chi connectivity index (χ0) is 52.7. The smallest absolute Gasteiger partial charge is 0.176 e. The summed E-state index contributed by atoms with van der Waals surface area (Å²) in [5.74, 6) is 0.466. The molecule has 0 fully saturated rings. The Balaban J connectivity index is 0.000000180. The van der Waals surface area contributed by atoms with Crippen molar-refractivity contribution in [3.63, 3.8) is 0 Å². The third kappa shape index (κ3) is 20.9. The first kappa shape index (κ1) is 59.0. The Labute approximate surface area is 450 Å². The number of rotatable bonds is 2. The molecule has 0 radical (unpaired) electrons. The second-order valence-corrected chi connectivity index (χ2v) is 23.1. The van der Waals surface area contributed by atoms with Crippen LogP contribution in [0.25, 0.3) is 31.9 Å². The van der Waals surface area contributed by atoms with Crippen LogP contribution >= 0.6 is 68.9 Å². The first-order valence-electron chi connectivity index (χ1n) is 23.2. The number of nitrogen functional groups attached to an aromatic ring is 1. The van der Waals surface area contributed by atoms with Crippen molar-refractivity contribution in [3.05, 3.63) is 220 Å². The van der Waals surface area contributed by atoms with E-state index in [4.69, 9.17) is 17.3 Å². The molecule has 0 spiro atoms. The molecule has 11 aromatic rings. The number of nitrogens with two attached hydrogens (primary N) is 1. The summed E-state index contributed by atoms with van der Waals surface area (Å²) in [6.45, 7) is 22.7. The predicted molar refractivity (Wildman–Crippen MR) is 318 cm³/mol. The van der Waals surface area contributed by atoms with Crippen LogP contribution < -0.4 is 5.73 Å². The van der Waals surface area contributed by atoms with Gasteiger partial charge in [0.15, 0.2) is 5.13 Å². The minimum absolute atomic E-state index is 0.0995. The molecule has 0 bridgehead atoms. The van der Waals surface area contributed by atoms with E-state index < -0.39 is 0 Å². The van der Waals surface area contributed by atoms with Crippen molar-refractivity contribution < 1.29 is 8.78 Å². The molecule has 6 aromatic heterocycles. The Morgan fingerprint density at radius 3 is 1.56 bits per heavy atom. The number of benzene rings is 5. The molecule has 0 atom stereocenters. The number of nitrogens with one attached hydrogen (secondary N) is 2. The van der Waals surface area contributed by atoms with Gasteiger partial charge in [-0.25, -0.2) is 9.37 Å². The maximum atomic E-state index is 12.8. The van der Waals surface area contributed by atoms with Crippen molar-refractivity contribution in [3.8, 4) is 0 Å². The highest BCUT2D eigenvalue weighted by atomic mass is 35.5. The number of thioether (sulfide) groups is 1. The van der Waals surface area contributed by atoms with Crippen molar-refractivity contribution in [2.24, 2.45) is 0 Å². The zero-order valence-corrected chi connectivity index (χ0v) is 48.0. The topological polar surface area (TPSA) is 83.4 Å². The maximum Gasteiger partial charge on any atom is 0.176 e. The first-order chi connectivity index (χ1) is 34.3. The van der Waals surface area contributed by atoms with E-state index in [0.717, 1.165) is 41.8 Å². The van der Waals surface area contributed by atoms with Gasteiger partial charge in [-0.1, -0.05) is 95.9 Å². The van der Waals surface area contributed by atoms with Gasteiger partial charge >= 0.3 is 0 Å². The third-order valence-corrected chi connectivity index (χ3v) is 14.8. The molecule has 4 N–H and O–H groups in total. The van der Waals surface area contributed by atoms with Gasteiger partial charge in [0.05, 0.1) is 15.9 Å². The fraction of sp³-hybridized carbons (Fsp3) is 0.220. The molecule has 378 valence electrons. The van der Waals surface area contributed by atoms with Crippen LogP contribution in [-0.2, 0) is 6.42 Å². The average molecular weight is 1080 g/mol. The van der Waals surface area contributed by atoms with Gasteiger partial charge in [0.25, 0.3) is 0 Å². The highest BCUT2D eigenvalue weighted by Gasteiger charge is 2.02. The monoisotopic (exact) mass is 1080 g/mol. The molecule has 0 saturated heterocycles. The summed E-state index contributed by atoms with van der Waals surface area (Å²) in [6, 6.07) is 43.0. The zero-order valence-electron chi connectivity index (χ0n) is 43.2. The molecule has 13 heteroatoms. The van der Waals surface area contributed by atoms with Crippen molar-refractivity contribution in [2.75, 3.05) is 12.0 Å². The standard InChI is InChI=1S/C10H11N.C9H8FN.C9H12.C8H8N2S.C8H10S.C6H8S.C5H5FS.C4H4ClNS/c1-7-3-4-9-8(2)6-11-10(9)5-7;1-6-2-3-7-8(10)5-11-9(7)4-6;1-3-9-6-4-8(2)5-7-9;1-5-2-3-7-6(4-5)8(9)10-11-7;1-7-3-5-8(9-2)6-4-7;1-5-3-4-6(2)7-5;1-4-2-3-5(6)7-4;1-3-6-2-4(5)7-3/h3-6,11H,1-2H3;2-5,11H,1H3;4-7H,3H2,1-2H3;2-4H,1H3,(H2,9,10);3-6H,1-2H3;3-4H,1-2H3;2-3H,1H3;2H,1H3. The predicted octanol–water partition coefficient (Wildman–Crippen LogP) is 19.5. The van der Waals surface area contributed by atoms with Crippen molar-refractivity contribution in [2.45, 2.75) is 87.5 Å². The van der Waals surface area contributed by atoms with E-state index in [-0.39, 0.29) is 10.9 Å². The molecule has 11 rings (SSSR count). The number of thiazole rings is 1. The summed E-state index contributed by atoms with van der Waals surface area (Å²) in [6.07, 6.45) is 8.31. The van der Waals surface area contributed by atoms with E-state index in [9.17, 15) is 8.78 Å². The van der Waals surface area contributed by atoms with Gasteiger partial charge in [0.2, 0.25) is 0 Å². The van der Waals surface area contributed by atoms with Crippen molar-refractivity contribution in [1.29, 1.82) is 0 Å². The normalized spacial score (nSPS) is 10.0. The molecule has 5 nitrogen and oxygen atoms in total. The van der Waals surface area contributed by atoms with Crippen molar-refractivity contribution >= 4 is 107 Å². The SMILES string of the molecule is CCc1ccc(C)cc1.CSc1ccc(C)cc1.Cc1ccc(C)s1.Cc1ccc(F)s1.Cc1ccc2c(C)c[nH]c2c1.Cc1ccc2c(F)c[nH]c2c1.Cc1ccc2snc(N)c2c1.Cc1ncc(Cl)s1. The number of thiophene rings is 2. The van der Waals surface area contributed by atoms with Gasteiger partial charge in [-0.05, 0) is 182 Å². The molecule has 0 amide bonds. The largest absolute Gasteiger partial charge is 0.382 e. The number of H-pyrrole nitrogens is 2. The lowest BCUT2D eigenvalue weighted by atomic mass is 10.1. The fourth-order valence-electron chi connectivity index (χ4n) is 6.46. The van der Waals surface area contributed by atoms with E-state index in [0.29, 0.717) is 11.2 Å². The number of halogens is 3. The summed E-state index contributed by atoms with van der Waals surface area (Å²) < 4.78 is 30.8. The fourth-order valence-corrected chi connectivity index (χ4v) is 9.79. The van der Waals surface area contributed by atoms with Crippen LogP contribution in [0.15, 0.2) is 151 Å². The number of aromatic amines is 2. The quantitative estimate of drug-likeness (QED) is 0.151. The minimum atomic E-state index is -0.181. The van der Waals surface area contributed by atoms with E-state index in [1.54, 1.807) is 30.1 Å². The Morgan fingerprint density at radius 1 is 0.569 bits per heavy atom. The van der Waals surface area contributed by atoms with E-state index in [1.807, 2.05) is 50.4 Å². The van der Waals surface area contributed by atoms with E-state index >= 15 is 0 Å². The molecule has 6 heterocycles. The van der Waals surface area contributed by atoms with Crippen LogP contribution in [0.5, 0.6) is 0 Å². The molecule has 0 aliphatic rings.